The minimum Gasteiger partial charge on any atom is -0.272 e. The molecule has 100 valence electrons. The minimum atomic E-state index is -0.0922. The molecule has 0 atom stereocenters. The molecule has 0 spiro atoms. The molecule has 0 unspecified atom stereocenters. The van der Waals surface area contributed by atoms with Gasteiger partial charge in [-0.2, -0.15) is 5.10 Å². The van der Waals surface area contributed by atoms with E-state index in [-0.39, 0.29) is 5.91 Å². The van der Waals surface area contributed by atoms with Crippen molar-refractivity contribution in [1.82, 2.24) is 5.43 Å². The van der Waals surface area contributed by atoms with Crippen molar-refractivity contribution in [2.75, 3.05) is 5.75 Å². The second-order valence-corrected chi connectivity index (χ2v) is 5.86. The van der Waals surface area contributed by atoms with Crippen LogP contribution in [0.4, 0.5) is 0 Å². The molecule has 1 N–H and O–H groups in total. The highest BCUT2D eigenvalue weighted by atomic mass is 35.5. The van der Waals surface area contributed by atoms with E-state index in [1.54, 1.807) is 0 Å². The molecular weight excluding hydrogens is 280 g/mol. The fraction of sp³-hybridized carbons (Fsp3) is 0.286. The molecule has 1 aromatic rings. The van der Waals surface area contributed by atoms with Gasteiger partial charge in [-0.05, 0) is 50.1 Å². The number of carbonyl (C=O) groups excluding carboxylic acids is 1. The first kappa shape index (κ1) is 14.2. The maximum atomic E-state index is 11.6. The van der Waals surface area contributed by atoms with Crippen LogP contribution >= 0.6 is 23.4 Å². The lowest BCUT2D eigenvalue weighted by molar-refractivity contribution is -0.118. The molecule has 2 rings (SSSR count). The van der Waals surface area contributed by atoms with Crippen molar-refractivity contribution >= 4 is 35.0 Å². The van der Waals surface area contributed by atoms with Crippen molar-refractivity contribution in [3.8, 4) is 0 Å². The average Bonchev–Trinajstić information content (AvgIpc) is 2.81. The summed E-state index contributed by atoms with van der Waals surface area (Å²) in [5.74, 6) is 0.256. The van der Waals surface area contributed by atoms with E-state index in [0.717, 1.165) is 23.4 Å². The first-order valence-corrected chi connectivity index (χ1v) is 7.41. The maximum absolute atomic E-state index is 11.6. The van der Waals surface area contributed by atoms with Crippen LogP contribution in [0.1, 0.15) is 19.8 Å². The zero-order valence-electron chi connectivity index (χ0n) is 10.6. The second-order valence-electron chi connectivity index (χ2n) is 4.37. The minimum absolute atomic E-state index is 0.0922. The van der Waals surface area contributed by atoms with E-state index in [4.69, 9.17) is 11.6 Å². The summed E-state index contributed by atoms with van der Waals surface area (Å²) in [4.78, 5) is 12.7. The van der Waals surface area contributed by atoms with Gasteiger partial charge in [-0.1, -0.05) is 17.2 Å². The number of hydrogen-bond donors (Lipinski definition) is 1. The van der Waals surface area contributed by atoms with Crippen LogP contribution in [0.15, 0.2) is 45.9 Å². The highest BCUT2D eigenvalue weighted by Gasteiger charge is 2.07. The summed E-state index contributed by atoms with van der Waals surface area (Å²) in [5, 5.41) is 4.80. The first-order chi connectivity index (χ1) is 9.13. The molecule has 3 nitrogen and oxygen atoms in total. The van der Waals surface area contributed by atoms with Crippen LogP contribution in [0.25, 0.3) is 0 Å². The first-order valence-electron chi connectivity index (χ1n) is 6.04. The Kier molecular flexibility index (Phi) is 5.05. The van der Waals surface area contributed by atoms with Crippen LogP contribution in [0.3, 0.4) is 0 Å². The van der Waals surface area contributed by atoms with Gasteiger partial charge < -0.3 is 0 Å². The third-order valence-corrected chi connectivity index (χ3v) is 3.96. The molecule has 0 aromatic heterocycles. The van der Waals surface area contributed by atoms with Crippen molar-refractivity contribution in [2.24, 2.45) is 5.10 Å². The summed E-state index contributed by atoms with van der Waals surface area (Å²) in [6.07, 6.45) is 3.97. The average molecular weight is 295 g/mol. The van der Waals surface area contributed by atoms with E-state index in [9.17, 15) is 4.79 Å². The topological polar surface area (TPSA) is 41.5 Å². The van der Waals surface area contributed by atoms with Crippen LogP contribution in [0, 0.1) is 0 Å². The van der Waals surface area contributed by atoms with Gasteiger partial charge in [0.15, 0.2) is 0 Å². The summed E-state index contributed by atoms with van der Waals surface area (Å²) in [6, 6.07) is 7.42. The molecule has 0 bridgehead atoms. The highest BCUT2D eigenvalue weighted by Crippen LogP contribution is 2.20. The van der Waals surface area contributed by atoms with Crippen LogP contribution < -0.4 is 5.43 Å². The predicted molar refractivity (Wildman–Crippen MR) is 80.7 cm³/mol. The molecule has 0 radical (unpaired) electrons. The summed E-state index contributed by atoms with van der Waals surface area (Å²) < 4.78 is 0. The summed E-state index contributed by atoms with van der Waals surface area (Å²) >= 11 is 7.26. The fourth-order valence-electron chi connectivity index (χ4n) is 1.69. The predicted octanol–water partition coefficient (Wildman–Crippen LogP) is 3.64. The monoisotopic (exact) mass is 294 g/mol. The van der Waals surface area contributed by atoms with E-state index in [1.807, 2.05) is 30.3 Å². The zero-order valence-corrected chi connectivity index (χ0v) is 12.2. The number of rotatable bonds is 4. The van der Waals surface area contributed by atoms with Crippen LogP contribution in [-0.4, -0.2) is 17.4 Å². The lowest BCUT2D eigenvalue weighted by atomic mass is 10.3. The summed E-state index contributed by atoms with van der Waals surface area (Å²) in [7, 11) is 0. The molecular formula is C14H15ClN2OS. The molecule has 5 heteroatoms. The highest BCUT2D eigenvalue weighted by molar-refractivity contribution is 8.00. The van der Waals surface area contributed by atoms with Crippen molar-refractivity contribution in [1.29, 1.82) is 0 Å². The van der Waals surface area contributed by atoms with Gasteiger partial charge in [0.1, 0.15) is 0 Å². The molecule has 0 saturated heterocycles. The molecule has 0 fully saturated rings. The quantitative estimate of drug-likeness (QED) is 0.680. The number of allylic oxidation sites excluding steroid dienone is 2. The Morgan fingerprint density at radius 2 is 2.11 bits per heavy atom. The van der Waals surface area contributed by atoms with Gasteiger partial charge >= 0.3 is 0 Å². The van der Waals surface area contributed by atoms with Gasteiger partial charge in [0, 0.05) is 9.92 Å². The number of amides is 1. The Morgan fingerprint density at radius 3 is 2.74 bits per heavy atom. The molecule has 1 aromatic carbocycles. The zero-order chi connectivity index (χ0) is 13.7. The molecule has 0 heterocycles. The van der Waals surface area contributed by atoms with E-state index in [0.29, 0.717) is 10.8 Å². The summed E-state index contributed by atoms with van der Waals surface area (Å²) in [5.41, 5.74) is 4.84. The van der Waals surface area contributed by atoms with Crippen molar-refractivity contribution in [3.05, 3.63) is 40.9 Å². The van der Waals surface area contributed by atoms with Crippen LogP contribution in [0.5, 0.6) is 0 Å². The Hall–Kier alpha value is -1.26. The Morgan fingerprint density at radius 1 is 1.37 bits per heavy atom. The number of hydrazone groups is 1. The standard InChI is InChI=1S/C14H15ClN2OS/c1-10-2-5-12(8-10)16-17-14(18)9-19-13-6-3-11(15)4-7-13/h3-4,6-8H,2,5,9H2,1H3,(H,17,18)/b16-12+. The second kappa shape index (κ2) is 6.78. The van der Waals surface area contributed by atoms with Gasteiger partial charge in [-0.15, -0.1) is 11.8 Å². The molecule has 1 aliphatic carbocycles. The lowest BCUT2D eigenvalue weighted by Gasteiger charge is -2.01. The Labute approximate surface area is 122 Å². The number of halogens is 1. The number of nitrogens with zero attached hydrogens (tertiary/aromatic N) is 1. The number of benzene rings is 1. The van der Waals surface area contributed by atoms with Crippen LogP contribution in [-0.2, 0) is 4.79 Å². The van der Waals surface area contributed by atoms with E-state index < -0.39 is 0 Å². The number of thioether (sulfide) groups is 1. The molecule has 1 aliphatic rings. The maximum Gasteiger partial charge on any atom is 0.250 e. The Balaban J connectivity index is 1.77. The number of hydrogen-bond acceptors (Lipinski definition) is 3. The normalized spacial score (nSPS) is 16.5. The van der Waals surface area contributed by atoms with E-state index in [2.05, 4.69) is 17.5 Å². The SMILES string of the molecule is CC1=C/C(=N/NC(=O)CSc2ccc(Cl)cc2)CC1. The van der Waals surface area contributed by atoms with Gasteiger partial charge in [-0.3, -0.25) is 4.79 Å². The molecule has 0 saturated carbocycles. The number of nitrogens with one attached hydrogen (secondary N) is 1. The van der Waals surface area contributed by atoms with Gasteiger partial charge in [0.25, 0.3) is 0 Å². The smallest absolute Gasteiger partial charge is 0.250 e. The Bertz CT molecular complexity index is 523. The van der Waals surface area contributed by atoms with E-state index >= 15 is 0 Å². The van der Waals surface area contributed by atoms with Gasteiger partial charge in [-0.25, -0.2) is 5.43 Å². The molecule has 0 aliphatic heterocycles. The molecule has 19 heavy (non-hydrogen) atoms. The van der Waals surface area contributed by atoms with Gasteiger partial charge in [0.2, 0.25) is 5.91 Å². The van der Waals surface area contributed by atoms with Crippen LogP contribution in [0.2, 0.25) is 5.02 Å². The third-order valence-electron chi connectivity index (χ3n) is 2.70. The lowest BCUT2D eigenvalue weighted by Crippen LogP contribution is -2.20. The number of carbonyl (C=O) groups is 1. The van der Waals surface area contributed by atoms with Crippen molar-refractivity contribution in [2.45, 2.75) is 24.7 Å². The fourth-order valence-corrected chi connectivity index (χ4v) is 2.51. The largest absolute Gasteiger partial charge is 0.272 e. The van der Waals surface area contributed by atoms with Gasteiger partial charge in [0.05, 0.1) is 11.5 Å². The molecule has 1 amide bonds. The van der Waals surface area contributed by atoms with Crippen molar-refractivity contribution < 1.29 is 4.79 Å². The summed E-state index contributed by atoms with van der Waals surface area (Å²) in [6.45, 7) is 2.07. The third kappa shape index (κ3) is 4.73. The van der Waals surface area contributed by atoms with E-state index in [1.165, 1.54) is 17.3 Å². The van der Waals surface area contributed by atoms with Crippen molar-refractivity contribution in [3.63, 3.8) is 0 Å².